The van der Waals surface area contributed by atoms with Crippen molar-refractivity contribution < 1.29 is 9.84 Å². The molecule has 0 aliphatic heterocycles. The molecule has 2 aromatic carbocycles. The number of nitrogens with one attached hydrogen (secondary N) is 1. The number of hydrogen-bond donors (Lipinski definition) is 2. The molecular weight excluding hydrogens is 379 g/mol. The fourth-order valence-electron chi connectivity index (χ4n) is 1.53. The highest BCUT2D eigenvalue weighted by atomic mass is 79.9. The first-order valence-corrected chi connectivity index (χ1v) is 6.88. The number of halogens is 3. The van der Waals surface area contributed by atoms with E-state index in [2.05, 4.69) is 26.5 Å². The highest BCUT2D eigenvalue weighted by Crippen LogP contribution is 2.34. The maximum absolute atomic E-state index is 9.71. The molecule has 0 saturated carbocycles. The number of methoxy groups -OCH3 is 1. The number of phenols is 1. The summed E-state index contributed by atoms with van der Waals surface area (Å²) in [7, 11) is 1.49. The normalized spacial score (nSPS) is 10.2. The fraction of sp³-hybridized carbons (Fsp3) is 0.0714. The smallest absolute Gasteiger partial charge is 0.172 e. The molecule has 0 amide bonds. The van der Waals surface area contributed by atoms with E-state index in [1.54, 1.807) is 30.5 Å². The van der Waals surface area contributed by atoms with Crippen molar-refractivity contribution in [2.45, 2.75) is 0 Å². The van der Waals surface area contributed by atoms with E-state index in [0.717, 1.165) is 11.3 Å². The van der Waals surface area contributed by atoms with Crippen molar-refractivity contribution in [1.29, 1.82) is 0 Å². The number of nitrogens with zero attached hydrogens (tertiary/aromatic N) is 1. The monoisotopic (exact) mass is 390 g/mol. The molecule has 2 N–H and O–H groups in total. The molecule has 112 valence electrons. The van der Waals surface area contributed by atoms with Gasteiger partial charge in [-0.25, -0.2) is 0 Å². The number of anilines is 1. The number of benzene rings is 2. The SMILES string of the molecule is COc1cc(C=NNc2ccc(Cl)cc2)cc(Br)c1O.Cl. The number of hydrogen-bond acceptors (Lipinski definition) is 4. The minimum atomic E-state index is 0. The summed E-state index contributed by atoms with van der Waals surface area (Å²) in [4.78, 5) is 0. The lowest BCUT2D eigenvalue weighted by atomic mass is 10.2. The molecule has 4 nitrogen and oxygen atoms in total. The average molecular weight is 392 g/mol. The van der Waals surface area contributed by atoms with Crippen LogP contribution in [0.25, 0.3) is 0 Å². The van der Waals surface area contributed by atoms with E-state index in [9.17, 15) is 5.11 Å². The van der Waals surface area contributed by atoms with Crippen molar-refractivity contribution in [3.8, 4) is 11.5 Å². The summed E-state index contributed by atoms with van der Waals surface area (Å²) in [6.45, 7) is 0. The van der Waals surface area contributed by atoms with E-state index in [4.69, 9.17) is 16.3 Å². The Labute approximate surface area is 142 Å². The minimum absolute atomic E-state index is 0. The van der Waals surface area contributed by atoms with Gasteiger partial charge in [0, 0.05) is 5.02 Å². The van der Waals surface area contributed by atoms with Gasteiger partial charge in [0.15, 0.2) is 11.5 Å². The molecule has 0 fully saturated rings. The maximum atomic E-state index is 9.71. The zero-order chi connectivity index (χ0) is 14.5. The molecule has 0 aliphatic rings. The molecule has 2 rings (SSSR count). The molecule has 0 saturated heterocycles. The van der Waals surface area contributed by atoms with Gasteiger partial charge in [0.1, 0.15) is 0 Å². The Morgan fingerprint density at radius 3 is 2.57 bits per heavy atom. The number of rotatable bonds is 4. The second kappa shape index (κ2) is 8.12. The van der Waals surface area contributed by atoms with Crippen molar-refractivity contribution in [3.05, 3.63) is 51.5 Å². The number of hydrazone groups is 1. The van der Waals surface area contributed by atoms with Crippen LogP contribution in [-0.4, -0.2) is 18.4 Å². The Morgan fingerprint density at radius 2 is 1.95 bits per heavy atom. The lowest BCUT2D eigenvalue weighted by molar-refractivity contribution is 0.372. The summed E-state index contributed by atoms with van der Waals surface area (Å²) < 4.78 is 5.61. The van der Waals surface area contributed by atoms with E-state index < -0.39 is 0 Å². The van der Waals surface area contributed by atoms with Gasteiger partial charge in [0.05, 0.1) is 23.5 Å². The van der Waals surface area contributed by atoms with E-state index in [-0.39, 0.29) is 18.2 Å². The largest absolute Gasteiger partial charge is 0.503 e. The first-order valence-electron chi connectivity index (χ1n) is 5.71. The summed E-state index contributed by atoms with van der Waals surface area (Å²) in [5.41, 5.74) is 4.50. The first kappa shape index (κ1) is 17.6. The zero-order valence-corrected chi connectivity index (χ0v) is 14.2. The average Bonchev–Trinajstić information content (AvgIpc) is 2.44. The van der Waals surface area contributed by atoms with Crippen LogP contribution in [0.2, 0.25) is 5.02 Å². The van der Waals surface area contributed by atoms with Gasteiger partial charge in [-0.15, -0.1) is 12.4 Å². The Bertz CT molecular complexity index is 634. The van der Waals surface area contributed by atoms with Crippen LogP contribution in [0.4, 0.5) is 5.69 Å². The van der Waals surface area contributed by atoms with Gasteiger partial charge in [0.25, 0.3) is 0 Å². The standard InChI is InChI=1S/C14H12BrClN2O2.ClH/c1-20-13-7-9(6-12(15)14(13)19)8-17-18-11-4-2-10(16)3-5-11;/h2-8,18-19H,1H3;1H. The molecule has 0 unspecified atom stereocenters. The Morgan fingerprint density at radius 1 is 1.29 bits per heavy atom. The van der Waals surface area contributed by atoms with E-state index in [1.165, 1.54) is 7.11 Å². The second-order valence-corrected chi connectivity index (χ2v) is 5.22. The van der Waals surface area contributed by atoms with E-state index in [0.29, 0.717) is 15.2 Å². The van der Waals surface area contributed by atoms with E-state index >= 15 is 0 Å². The predicted octanol–water partition coefficient (Wildman–Crippen LogP) is 4.68. The highest BCUT2D eigenvalue weighted by Gasteiger charge is 2.07. The molecular formula is C14H13BrCl2N2O2. The molecule has 0 heterocycles. The van der Waals surface area contributed by atoms with Crippen LogP contribution < -0.4 is 10.2 Å². The molecule has 0 radical (unpaired) electrons. The van der Waals surface area contributed by atoms with Crippen molar-refractivity contribution >= 4 is 51.8 Å². The number of ether oxygens (including phenoxy) is 1. The van der Waals surface area contributed by atoms with Crippen molar-refractivity contribution in [2.24, 2.45) is 5.10 Å². The molecule has 7 heteroatoms. The van der Waals surface area contributed by atoms with Crippen LogP contribution in [0.1, 0.15) is 5.56 Å². The molecule has 0 spiro atoms. The van der Waals surface area contributed by atoms with Crippen molar-refractivity contribution in [2.75, 3.05) is 12.5 Å². The van der Waals surface area contributed by atoms with Crippen LogP contribution in [-0.2, 0) is 0 Å². The summed E-state index contributed by atoms with van der Waals surface area (Å²) in [5.74, 6) is 0.447. The second-order valence-electron chi connectivity index (χ2n) is 3.93. The molecule has 0 aromatic heterocycles. The van der Waals surface area contributed by atoms with Crippen LogP contribution in [0, 0.1) is 0 Å². The molecule has 2 aromatic rings. The first-order chi connectivity index (χ1) is 9.60. The quantitative estimate of drug-likeness (QED) is 0.587. The zero-order valence-electron chi connectivity index (χ0n) is 11.0. The number of aromatic hydroxyl groups is 1. The molecule has 21 heavy (non-hydrogen) atoms. The van der Waals surface area contributed by atoms with Crippen LogP contribution >= 0.6 is 39.9 Å². The van der Waals surface area contributed by atoms with Crippen LogP contribution in [0.5, 0.6) is 11.5 Å². The van der Waals surface area contributed by atoms with Crippen LogP contribution in [0.3, 0.4) is 0 Å². The fourth-order valence-corrected chi connectivity index (χ4v) is 2.12. The molecule has 0 atom stereocenters. The Kier molecular flexibility index (Phi) is 6.81. The maximum Gasteiger partial charge on any atom is 0.172 e. The topological polar surface area (TPSA) is 53.8 Å². The van der Waals surface area contributed by atoms with Gasteiger partial charge in [-0.2, -0.15) is 5.10 Å². The van der Waals surface area contributed by atoms with Gasteiger partial charge < -0.3 is 9.84 Å². The Balaban J connectivity index is 0.00000220. The summed E-state index contributed by atoms with van der Waals surface area (Å²) in [5, 5.41) is 14.5. The van der Waals surface area contributed by atoms with Gasteiger partial charge >= 0.3 is 0 Å². The number of phenolic OH excluding ortho intramolecular Hbond substituents is 1. The third kappa shape index (κ3) is 4.81. The van der Waals surface area contributed by atoms with Gasteiger partial charge in [-0.1, -0.05) is 11.6 Å². The lowest BCUT2D eigenvalue weighted by Gasteiger charge is -2.06. The summed E-state index contributed by atoms with van der Waals surface area (Å²) in [6.07, 6.45) is 1.63. The van der Waals surface area contributed by atoms with Crippen molar-refractivity contribution in [1.82, 2.24) is 0 Å². The van der Waals surface area contributed by atoms with Gasteiger partial charge in [-0.05, 0) is 57.9 Å². The third-order valence-corrected chi connectivity index (χ3v) is 3.38. The van der Waals surface area contributed by atoms with Crippen molar-refractivity contribution in [3.63, 3.8) is 0 Å². The van der Waals surface area contributed by atoms with Crippen LogP contribution in [0.15, 0.2) is 46.0 Å². The summed E-state index contributed by atoms with van der Waals surface area (Å²) in [6, 6.07) is 10.6. The highest BCUT2D eigenvalue weighted by molar-refractivity contribution is 9.10. The lowest BCUT2D eigenvalue weighted by Crippen LogP contribution is -1.92. The summed E-state index contributed by atoms with van der Waals surface area (Å²) >= 11 is 9.05. The molecule has 0 bridgehead atoms. The minimum Gasteiger partial charge on any atom is -0.503 e. The van der Waals surface area contributed by atoms with E-state index in [1.807, 2.05) is 12.1 Å². The third-order valence-electron chi connectivity index (χ3n) is 2.52. The molecule has 0 aliphatic carbocycles. The predicted molar refractivity (Wildman–Crippen MR) is 92.3 cm³/mol. The Hall–Kier alpha value is -1.43. The van der Waals surface area contributed by atoms with Gasteiger partial charge in [-0.3, -0.25) is 5.43 Å². The van der Waals surface area contributed by atoms with Gasteiger partial charge in [0.2, 0.25) is 0 Å².